The second-order valence-electron chi connectivity index (χ2n) is 3.52. The molecule has 1 nitrogen and oxygen atoms in total. The summed E-state index contributed by atoms with van der Waals surface area (Å²) in [6, 6.07) is 3.88. The first kappa shape index (κ1) is 10.6. The number of aliphatic hydroxyl groups excluding tert-OH is 1. The number of benzene rings is 1. The smallest absolute Gasteiger partial charge is 0.0497 e. The molecule has 1 atom stereocenters. The van der Waals surface area contributed by atoms with Crippen molar-refractivity contribution in [2.75, 3.05) is 6.61 Å². The lowest BCUT2D eigenvalue weighted by atomic mass is 9.94. The molecule has 0 saturated heterocycles. The van der Waals surface area contributed by atoms with E-state index in [1.165, 1.54) is 11.1 Å². The van der Waals surface area contributed by atoms with E-state index < -0.39 is 0 Å². The Kier molecular flexibility index (Phi) is 3.34. The van der Waals surface area contributed by atoms with Crippen LogP contribution in [-0.2, 0) is 0 Å². The molecule has 0 heterocycles. The van der Waals surface area contributed by atoms with Crippen LogP contribution >= 0.6 is 11.6 Å². The van der Waals surface area contributed by atoms with Gasteiger partial charge in [0.2, 0.25) is 0 Å². The van der Waals surface area contributed by atoms with Crippen molar-refractivity contribution >= 4 is 11.6 Å². The number of hydrogen-bond donors (Lipinski definition) is 1. The SMILES string of the molecule is Cc1cc(Cl)cc(C(C)CO)c1C. The summed E-state index contributed by atoms with van der Waals surface area (Å²) in [7, 11) is 0. The van der Waals surface area contributed by atoms with Crippen LogP contribution < -0.4 is 0 Å². The molecule has 0 saturated carbocycles. The van der Waals surface area contributed by atoms with Crippen LogP contribution in [-0.4, -0.2) is 11.7 Å². The van der Waals surface area contributed by atoms with E-state index in [0.717, 1.165) is 10.6 Å². The maximum Gasteiger partial charge on any atom is 0.0497 e. The fraction of sp³-hybridized carbons (Fsp3) is 0.455. The minimum absolute atomic E-state index is 0.164. The summed E-state index contributed by atoms with van der Waals surface area (Å²) in [6.07, 6.45) is 0. The van der Waals surface area contributed by atoms with Gasteiger partial charge in [0.25, 0.3) is 0 Å². The fourth-order valence-electron chi connectivity index (χ4n) is 1.45. The van der Waals surface area contributed by atoms with Crippen molar-refractivity contribution in [3.05, 3.63) is 33.8 Å². The molecule has 0 aliphatic heterocycles. The predicted molar refractivity (Wildman–Crippen MR) is 56.4 cm³/mol. The topological polar surface area (TPSA) is 20.2 Å². The van der Waals surface area contributed by atoms with E-state index in [1.54, 1.807) is 0 Å². The summed E-state index contributed by atoms with van der Waals surface area (Å²) < 4.78 is 0. The van der Waals surface area contributed by atoms with E-state index in [4.69, 9.17) is 16.7 Å². The maximum absolute atomic E-state index is 9.05. The minimum Gasteiger partial charge on any atom is -0.396 e. The van der Waals surface area contributed by atoms with Gasteiger partial charge in [-0.1, -0.05) is 18.5 Å². The molecule has 1 N–H and O–H groups in total. The lowest BCUT2D eigenvalue weighted by Gasteiger charge is -2.14. The van der Waals surface area contributed by atoms with Crippen LogP contribution in [0.1, 0.15) is 29.5 Å². The van der Waals surface area contributed by atoms with Crippen molar-refractivity contribution in [2.45, 2.75) is 26.7 Å². The molecule has 1 aromatic carbocycles. The van der Waals surface area contributed by atoms with Gasteiger partial charge in [0, 0.05) is 17.5 Å². The summed E-state index contributed by atoms with van der Waals surface area (Å²) in [5.74, 6) is 0.164. The largest absolute Gasteiger partial charge is 0.396 e. The van der Waals surface area contributed by atoms with Gasteiger partial charge in [-0.3, -0.25) is 0 Å². The quantitative estimate of drug-likeness (QED) is 0.775. The van der Waals surface area contributed by atoms with Crippen LogP contribution in [0.3, 0.4) is 0 Å². The lowest BCUT2D eigenvalue weighted by Crippen LogP contribution is -2.02. The monoisotopic (exact) mass is 198 g/mol. The molecule has 0 fully saturated rings. The van der Waals surface area contributed by atoms with Gasteiger partial charge in [0.1, 0.15) is 0 Å². The van der Waals surface area contributed by atoms with Crippen LogP contribution in [0.4, 0.5) is 0 Å². The van der Waals surface area contributed by atoms with Crippen molar-refractivity contribution in [2.24, 2.45) is 0 Å². The molecule has 0 amide bonds. The van der Waals surface area contributed by atoms with Crippen molar-refractivity contribution in [1.82, 2.24) is 0 Å². The van der Waals surface area contributed by atoms with Crippen LogP contribution in [0.5, 0.6) is 0 Å². The summed E-state index contributed by atoms with van der Waals surface area (Å²) in [4.78, 5) is 0. The van der Waals surface area contributed by atoms with E-state index in [-0.39, 0.29) is 12.5 Å². The van der Waals surface area contributed by atoms with Gasteiger partial charge in [-0.25, -0.2) is 0 Å². The van der Waals surface area contributed by atoms with Gasteiger partial charge in [0.05, 0.1) is 0 Å². The molecule has 1 aromatic rings. The van der Waals surface area contributed by atoms with E-state index in [0.29, 0.717) is 0 Å². The Balaban J connectivity index is 3.20. The molecule has 0 aliphatic carbocycles. The van der Waals surface area contributed by atoms with Crippen LogP contribution in [0, 0.1) is 13.8 Å². The number of aliphatic hydroxyl groups is 1. The average molecular weight is 199 g/mol. The highest BCUT2D eigenvalue weighted by molar-refractivity contribution is 6.30. The third kappa shape index (κ3) is 2.23. The first-order chi connectivity index (χ1) is 6.06. The third-order valence-corrected chi connectivity index (χ3v) is 2.70. The molecule has 0 spiro atoms. The lowest BCUT2D eigenvalue weighted by molar-refractivity contribution is 0.272. The molecule has 0 aromatic heterocycles. The van der Waals surface area contributed by atoms with Crippen molar-refractivity contribution in [1.29, 1.82) is 0 Å². The molecular weight excluding hydrogens is 184 g/mol. The Labute approximate surface area is 84.4 Å². The van der Waals surface area contributed by atoms with Crippen LogP contribution in [0.15, 0.2) is 12.1 Å². The number of rotatable bonds is 2. The molecule has 0 bridgehead atoms. The molecule has 13 heavy (non-hydrogen) atoms. The summed E-state index contributed by atoms with van der Waals surface area (Å²) in [6.45, 7) is 6.26. The zero-order valence-electron chi connectivity index (χ0n) is 8.26. The zero-order valence-corrected chi connectivity index (χ0v) is 9.02. The maximum atomic E-state index is 9.05. The highest BCUT2D eigenvalue weighted by Gasteiger charge is 2.09. The van der Waals surface area contributed by atoms with E-state index in [1.807, 2.05) is 26.0 Å². The summed E-state index contributed by atoms with van der Waals surface area (Å²) in [5.41, 5.74) is 3.56. The van der Waals surface area contributed by atoms with Crippen LogP contribution in [0.25, 0.3) is 0 Å². The molecule has 0 radical (unpaired) electrons. The van der Waals surface area contributed by atoms with Crippen molar-refractivity contribution in [3.63, 3.8) is 0 Å². The fourth-order valence-corrected chi connectivity index (χ4v) is 1.73. The van der Waals surface area contributed by atoms with Gasteiger partial charge in [-0.15, -0.1) is 0 Å². The molecule has 72 valence electrons. The number of halogens is 1. The minimum atomic E-state index is 0.164. The highest BCUT2D eigenvalue weighted by Crippen LogP contribution is 2.25. The Hall–Kier alpha value is -0.530. The Morgan fingerprint density at radius 1 is 1.38 bits per heavy atom. The predicted octanol–water partition coefficient (Wildman–Crippen LogP) is 3.05. The molecular formula is C11H15ClO. The van der Waals surface area contributed by atoms with Crippen molar-refractivity contribution < 1.29 is 5.11 Å². The van der Waals surface area contributed by atoms with E-state index in [2.05, 4.69) is 6.92 Å². The van der Waals surface area contributed by atoms with Gasteiger partial charge >= 0.3 is 0 Å². The molecule has 1 unspecified atom stereocenters. The second-order valence-corrected chi connectivity index (χ2v) is 3.96. The third-order valence-electron chi connectivity index (χ3n) is 2.48. The van der Waals surface area contributed by atoms with Crippen LogP contribution in [0.2, 0.25) is 5.02 Å². The first-order valence-corrected chi connectivity index (χ1v) is 4.81. The Morgan fingerprint density at radius 3 is 2.54 bits per heavy atom. The standard InChI is InChI=1S/C11H15ClO/c1-7-4-10(12)5-11(9(7)3)8(2)6-13/h4-5,8,13H,6H2,1-3H3. The number of aryl methyl sites for hydroxylation is 1. The number of hydrogen-bond acceptors (Lipinski definition) is 1. The highest BCUT2D eigenvalue weighted by atomic mass is 35.5. The molecule has 0 aliphatic rings. The molecule has 1 rings (SSSR count). The van der Waals surface area contributed by atoms with Gasteiger partial charge in [0.15, 0.2) is 0 Å². The zero-order chi connectivity index (χ0) is 10.0. The second kappa shape index (κ2) is 4.12. The summed E-state index contributed by atoms with van der Waals surface area (Å²) >= 11 is 5.94. The van der Waals surface area contributed by atoms with Gasteiger partial charge < -0.3 is 5.11 Å². The van der Waals surface area contributed by atoms with E-state index in [9.17, 15) is 0 Å². The van der Waals surface area contributed by atoms with E-state index >= 15 is 0 Å². The Bertz CT molecular complexity index is 307. The molecule has 2 heteroatoms. The summed E-state index contributed by atoms with van der Waals surface area (Å²) in [5, 5.41) is 9.80. The first-order valence-electron chi connectivity index (χ1n) is 4.43. The van der Waals surface area contributed by atoms with Gasteiger partial charge in [-0.05, 0) is 42.7 Å². The Morgan fingerprint density at radius 2 is 2.00 bits per heavy atom. The van der Waals surface area contributed by atoms with Crippen molar-refractivity contribution in [3.8, 4) is 0 Å². The van der Waals surface area contributed by atoms with Gasteiger partial charge in [-0.2, -0.15) is 0 Å². The average Bonchev–Trinajstić information content (AvgIpc) is 2.10. The normalized spacial score (nSPS) is 13.0.